The summed E-state index contributed by atoms with van der Waals surface area (Å²) < 4.78 is 27.7. The first-order chi connectivity index (χ1) is 15.2. The minimum absolute atomic E-state index is 0.207. The fourth-order valence-corrected chi connectivity index (χ4v) is 4.21. The van der Waals surface area contributed by atoms with Gasteiger partial charge in [0.05, 0.1) is 11.4 Å². The minimum atomic E-state index is -3.94. The molecule has 166 valence electrons. The maximum Gasteiger partial charge on any atom is 0.304 e. The van der Waals surface area contributed by atoms with Gasteiger partial charge in [-0.2, -0.15) is 12.7 Å². The fraction of sp³-hybridized carbons (Fsp3) is 0.130. The van der Waals surface area contributed by atoms with Crippen LogP contribution in [0.4, 0.5) is 11.4 Å². The minimum Gasteiger partial charge on any atom is -0.324 e. The van der Waals surface area contributed by atoms with E-state index in [-0.39, 0.29) is 17.0 Å². The molecule has 0 aliphatic rings. The monoisotopic (exact) mass is 471 g/mol. The molecule has 0 aliphatic heterocycles. The summed E-state index contributed by atoms with van der Waals surface area (Å²) in [5, 5.41) is 2.99. The highest BCUT2D eigenvalue weighted by Gasteiger charge is 2.27. The van der Waals surface area contributed by atoms with Crippen molar-refractivity contribution >= 4 is 44.9 Å². The van der Waals surface area contributed by atoms with Gasteiger partial charge >= 0.3 is 10.2 Å². The van der Waals surface area contributed by atoms with E-state index in [2.05, 4.69) is 5.32 Å². The van der Waals surface area contributed by atoms with Gasteiger partial charge in [-0.25, -0.2) is 4.31 Å². The molecule has 0 heterocycles. The average molecular weight is 472 g/mol. The zero-order chi connectivity index (χ0) is 23.3. The molecule has 0 atom stereocenters. The van der Waals surface area contributed by atoms with Gasteiger partial charge in [0.25, 0.3) is 0 Å². The van der Waals surface area contributed by atoms with Crippen LogP contribution < -0.4 is 9.62 Å². The van der Waals surface area contributed by atoms with Gasteiger partial charge in [-0.05, 0) is 30.3 Å². The van der Waals surface area contributed by atoms with E-state index < -0.39 is 22.7 Å². The Balaban J connectivity index is 1.90. The van der Waals surface area contributed by atoms with Gasteiger partial charge in [-0.1, -0.05) is 60.1 Å². The molecular formula is C23H22ClN3O4S. The summed E-state index contributed by atoms with van der Waals surface area (Å²) in [5.74, 6) is -0.923. The zero-order valence-electron chi connectivity index (χ0n) is 17.5. The summed E-state index contributed by atoms with van der Waals surface area (Å²) in [4.78, 5) is 25.9. The van der Waals surface area contributed by atoms with Crippen molar-refractivity contribution in [3.05, 3.63) is 95.0 Å². The Labute approximate surface area is 192 Å². The quantitative estimate of drug-likeness (QED) is 0.506. The molecule has 3 aromatic carbocycles. The van der Waals surface area contributed by atoms with Gasteiger partial charge in [0, 0.05) is 30.2 Å². The second-order valence-electron chi connectivity index (χ2n) is 7.07. The number of halogens is 1. The number of para-hydroxylation sites is 1. The van der Waals surface area contributed by atoms with Gasteiger partial charge in [0.1, 0.15) is 6.54 Å². The molecule has 0 unspecified atom stereocenters. The number of carbonyl (C=O) groups is 2. The highest BCUT2D eigenvalue weighted by Crippen LogP contribution is 2.25. The van der Waals surface area contributed by atoms with Crippen LogP contribution in [-0.4, -0.2) is 45.1 Å². The lowest BCUT2D eigenvalue weighted by molar-refractivity contribution is -0.114. The number of anilines is 2. The first kappa shape index (κ1) is 23.5. The van der Waals surface area contributed by atoms with E-state index in [1.54, 1.807) is 66.7 Å². The average Bonchev–Trinajstić information content (AvgIpc) is 2.79. The molecule has 0 bridgehead atoms. The molecule has 3 rings (SSSR count). The largest absolute Gasteiger partial charge is 0.324 e. The van der Waals surface area contributed by atoms with Crippen LogP contribution in [0.2, 0.25) is 5.02 Å². The standard InChI is InChI=1S/C23H22ClN3O4S/c1-26(2)32(30,31)27(19-11-7-4-8-12-19)16-22(28)25-21-14-13-18(24)15-20(21)23(29)17-9-5-3-6-10-17/h3-15H,16H2,1-2H3,(H,25,28). The van der Waals surface area contributed by atoms with Crippen molar-refractivity contribution in [3.8, 4) is 0 Å². The van der Waals surface area contributed by atoms with Crippen molar-refractivity contribution in [1.82, 2.24) is 4.31 Å². The number of hydrogen-bond donors (Lipinski definition) is 1. The summed E-state index contributed by atoms with van der Waals surface area (Å²) in [7, 11) is -1.16. The zero-order valence-corrected chi connectivity index (χ0v) is 19.1. The van der Waals surface area contributed by atoms with Crippen molar-refractivity contribution < 1.29 is 18.0 Å². The van der Waals surface area contributed by atoms with Crippen LogP contribution in [0.15, 0.2) is 78.9 Å². The van der Waals surface area contributed by atoms with Crippen LogP contribution >= 0.6 is 11.6 Å². The molecule has 32 heavy (non-hydrogen) atoms. The van der Waals surface area contributed by atoms with Crippen molar-refractivity contribution in [2.45, 2.75) is 0 Å². The number of carbonyl (C=O) groups excluding carboxylic acids is 2. The predicted octanol–water partition coefficient (Wildman–Crippen LogP) is 3.82. The summed E-state index contributed by atoms with van der Waals surface area (Å²) >= 11 is 6.09. The van der Waals surface area contributed by atoms with E-state index in [9.17, 15) is 18.0 Å². The van der Waals surface area contributed by atoms with Crippen LogP contribution in [-0.2, 0) is 15.0 Å². The number of nitrogens with one attached hydrogen (secondary N) is 1. The molecule has 0 aromatic heterocycles. The van der Waals surface area contributed by atoms with E-state index in [1.165, 1.54) is 26.2 Å². The van der Waals surface area contributed by atoms with E-state index in [0.717, 1.165) is 8.61 Å². The van der Waals surface area contributed by atoms with Gasteiger partial charge in [-0.15, -0.1) is 0 Å². The molecule has 3 aromatic rings. The number of amides is 1. The van der Waals surface area contributed by atoms with E-state index in [0.29, 0.717) is 16.3 Å². The Bertz CT molecular complexity index is 1220. The van der Waals surface area contributed by atoms with E-state index >= 15 is 0 Å². The Kier molecular flexibility index (Phi) is 7.29. The van der Waals surface area contributed by atoms with Crippen LogP contribution in [0.25, 0.3) is 0 Å². The molecule has 1 N–H and O–H groups in total. The normalized spacial score (nSPS) is 11.2. The first-order valence-corrected chi connectivity index (χ1v) is 11.4. The van der Waals surface area contributed by atoms with Gasteiger partial charge in [0.2, 0.25) is 5.91 Å². The van der Waals surface area contributed by atoms with Crippen LogP contribution in [0.3, 0.4) is 0 Å². The lowest BCUT2D eigenvalue weighted by atomic mass is 10.0. The lowest BCUT2D eigenvalue weighted by Crippen LogP contribution is -2.44. The Hall–Kier alpha value is -3.20. The first-order valence-electron chi connectivity index (χ1n) is 9.64. The second-order valence-corrected chi connectivity index (χ2v) is 9.57. The van der Waals surface area contributed by atoms with Crippen LogP contribution in [0.1, 0.15) is 15.9 Å². The maximum atomic E-state index is 13.0. The lowest BCUT2D eigenvalue weighted by Gasteiger charge is -2.27. The highest BCUT2D eigenvalue weighted by molar-refractivity contribution is 7.90. The molecular weight excluding hydrogens is 450 g/mol. The maximum absolute atomic E-state index is 13.0. The smallest absolute Gasteiger partial charge is 0.304 e. The number of ketones is 1. The SMILES string of the molecule is CN(C)S(=O)(=O)N(CC(=O)Nc1ccc(Cl)cc1C(=O)c1ccccc1)c1ccccc1. The number of rotatable bonds is 8. The summed E-state index contributed by atoms with van der Waals surface area (Å²) in [5.41, 5.74) is 1.22. The van der Waals surface area contributed by atoms with E-state index in [4.69, 9.17) is 11.6 Å². The van der Waals surface area contributed by atoms with Gasteiger partial charge in [0.15, 0.2) is 5.78 Å². The van der Waals surface area contributed by atoms with Gasteiger partial charge < -0.3 is 5.32 Å². The second kappa shape index (κ2) is 9.95. The third-order valence-corrected chi connectivity index (χ3v) is 6.66. The highest BCUT2D eigenvalue weighted by atomic mass is 35.5. The van der Waals surface area contributed by atoms with Crippen molar-refractivity contribution in [2.75, 3.05) is 30.3 Å². The van der Waals surface area contributed by atoms with Gasteiger partial charge in [-0.3, -0.25) is 9.59 Å². The molecule has 0 spiro atoms. The Morgan fingerprint density at radius 3 is 2.09 bits per heavy atom. The van der Waals surface area contributed by atoms with Crippen molar-refractivity contribution in [2.24, 2.45) is 0 Å². The summed E-state index contributed by atoms with van der Waals surface area (Å²) in [6.07, 6.45) is 0. The Morgan fingerprint density at radius 1 is 0.906 bits per heavy atom. The molecule has 0 radical (unpaired) electrons. The third kappa shape index (κ3) is 5.34. The number of benzene rings is 3. The molecule has 1 amide bonds. The molecule has 0 fully saturated rings. The van der Waals surface area contributed by atoms with Crippen molar-refractivity contribution in [3.63, 3.8) is 0 Å². The summed E-state index contributed by atoms with van der Waals surface area (Å²) in [6.45, 7) is -0.480. The van der Waals surface area contributed by atoms with Crippen LogP contribution in [0, 0.1) is 0 Å². The molecule has 0 aliphatic carbocycles. The molecule has 0 saturated heterocycles. The fourth-order valence-electron chi connectivity index (χ4n) is 2.98. The molecule has 9 heteroatoms. The number of nitrogens with zero attached hydrogens (tertiary/aromatic N) is 2. The molecule has 0 saturated carbocycles. The topological polar surface area (TPSA) is 86.8 Å². The molecule has 7 nitrogen and oxygen atoms in total. The third-order valence-electron chi connectivity index (χ3n) is 4.61. The van der Waals surface area contributed by atoms with E-state index in [1.807, 2.05) is 0 Å². The van der Waals surface area contributed by atoms with Crippen LogP contribution in [0.5, 0.6) is 0 Å². The number of hydrogen-bond acceptors (Lipinski definition) is 4. The Morgan fingerprint density at radius 2 is 1.50 bits per heavy atom. The summed E-state index contributed by atoms with van der Waals surface area (Å²) in [6, 6.07) is 21.4. The predicted molar refractivity (Wildman–Crippen MR) is 126 cm³/mol. The van der Waals surface area contributed by atoms with Crippen molar-refractivity contribution in [1.29, 1.82) is 0 Å².